The van der Waals surface area contributed by atoms with Crippen LogP contribution in [0.2, 0.25) is 0 Å². The summed E-state index contributed by atoms with van der Waals surface area (Å²) in [7, 11) is 0. The van der Waals surface area contributed by atoms with E-state index in [0.29, 0.717) is 12.3 Å². The third kappa shape index (κ3) is 11.7. The number of carbonyl (C=O) groups excluding carboxylic acids is 1. The fraction of sp³-hybridized carbons (Fsp3) is 0.929. The molecule has 2 nitrogen and oxygen atoms in total. The highest BCUT2D eigenvalue weighted by molar-refractivity contribution is 5.80. The lowest BCUT2D eigenvalue weighted by Crippen LogP contribution is -2.22. The third-order valence-electron chi connectivity index (χ3n) is 2.88. The minimum atomic E-state index is 0.368. The van der Waals surface area contributed by atoms with Gasteiger partial charge in [-0.2, -0.15) is 0 Å². The van der Waals surface area contributed by atoms with E-state index in [1.54, 1.807) is 0 Å². The summed E-state index contributed by atoms with van der Waals surface area (Å²) in [6.45, 7) is 5.73. The predicted molar refractivity (Wildman–Crippen MR) is 70.8 cm³/mol. The molecule has 0 aliphatic heterocycles. The zero-order chi connectivity index (χ0) is 12.1. The monoisotopic (exact) mass is 227 g/mol. The molecule has 0 radical (unpaired) electrons. The lowest BCUT2D eigenvalue weighted by atomic mass is 10.1. The number of hydrogen-bond acceptors (Lipinski definition) is 2. The molecule has 0 rings (SSSR count). The van der Waals surface area contributed by atoms with Gasteiger partial charge in [0.2, 0.25) is 0 Å². The average molecular weight is 227 g/mol. The molecule has 0 spiro atoms. The fourth-order valence-electron chi connectivity index (χ4n) is 1.81. The molecule has 16 heavy (non-hydrogen) atoms. The first-order chi connectivity index (χ1) is 7.81. The number of carbonyl (C=O) groups is 1. The zero-order valence-electron chi connectivity index (χ0n) is 11.2. The van der Waals surface area contributed by atoms with Gasteiger partial charge in [0, 0.05) is 6.42 Å². The van der Waals surface area contributed by atoms with Crippen LogP contribution in [-0.2, 0) is 4.79 Å². The summed E-state index contributed by atoms with van der Waals surface area (Å²) in [4.78, 5) is 11.3. The molecule has 0 aromatic carbocycles. The van der Waals surface area contributed by atoms with Gasteiger partial charge in [-0.15, -0.1) is 0 Å². The van der Waals surface area contributed by atoms with Crippen molar-refractivity contribution in [1.29, 1.82) is 0 Å². The predicted octanol–water partition coefficient (Wildman–Crippen LogP) is 3.70. The van der Waals surface area contributed by atoms with Crippen molar-refractivity contribution in [3.05, 3.63) is 0 Å². The summed E-state index contributed by atoms with van der Waals surface area (Å²) >= 11 is 0. The lowest BCUT2D eigenvalue weighted by Gasteiger charge is -2.02. The molecule has 2 heteroatoms. The molecule has 0 bridgehead atoms. The normalized spacial score (nSPS) is 10.6. The van der Waals surface area contributed by atoms with E-state index in [4.69, 9.17) is 0 Å². The Morgan fingerprint density at radius 3 is 2.00 bits per heavy atom. The van der Waals surface area contributed by atoms with Gasteiger partial charge in [-0.05, 0) is 13.0 Å². The van der Waals surface area contributed by atoms with Crippen molar-refractivity contribution >= 4 is 5.78 Å². The molecule has 0 atom stereocenters. The van der Waals surface area contributed by atoms with Crippen molar-refractivity contribution in [2.75, 3.05) is 13.1 Å². The number of unbranched alkanes of at least 4 members (excludes halogenated alkanes) is 7. The fourth-order valence-corrected chi connectivity index (χ4v) is 1.81. The number of Topliss-reactive ketones (excluding diaryl/α,β-unsaturated/α-hetero) is 1. The molecule has 0 unspecified atom stereocenters. The van der Waals surface area contributed by atoms with Crippen LogP contribution in [0.1, 0.15) is 71.6 Å². The Morgan fingerprint density at radius 1 is 0.875 bits per heavy atom. The second kappa shape index (κ2) is 12.7. The van der Waals surface area contributed by atoms with Gasteiger partial charge in [-0.25, -0.2) is 0 Å². The van der Waals surface area contributed by atoms with Crippen LogP contribution in [0.25, 0.3) is 0 Å². The van der Waals surface area contributed by atoms with E-state index in [1.807, 2.05) is 6.92 Å². The minimum absolute atomic E-state index is 0.368. The summed E-state index contributed by atoms with van der Waals surface area (Å²) < 4.78 is 0. The van der Waals surface area contributed by atoms with E-state index in [9.17, 15) is 4.79 Å². The summed E-state index contributed by atoms with van der Waals surface area (Å²) in [6.07, 6.45) is 11.2. The topological polar surface area (TPSA) is 29.1 Å². The van der Waals surface area contributed by atoms with E-state index in [2.05, 4.69) is 12.2 Å². The van der Waals surface area contributed by atoms with Gasteiger partial charge in [0.15, 0.2) is 0 Å². The van der Waals surface area contributed by atoms with Crippen LogP contribution in [-0.4, -0.2) is 18.9 Å². The second-order valence-electron chi connectivity index (χ2n) is 4.54. The van der Waals surface area contributed by atoms with Crippen LogP contribution in [0.3, 0.4) is 0 Å². The van der Waals surface area contributed by atoms with Crippen molar-refractivity contribution in [3.63, 3.8) is 0 Å². The highest BCUT2D eigenvalue weighted by Gasteiger charge is 1.99. The molecule has 0 aromatic rings. The van der Waals surface area contributed by atoms with Crippen molar-refractivity contribution in [3.8, 4) is 0 Å². The molecule has 0 saturated heterocycles. The number of likely N-dealkylation sites (N-methyl/N-ethyl adjacent to an activating group) is 1. The molecule has 0 aromatic heterocycles. The van der Waals surface area contributed by atoms with Crippen LogP contribution in [0.15, 0.2) is 0 Å². The first-order valence-corrected chi connectivity index (χ1v) is 7.03. The average Bonchev–Trinajstić information content (AvgIpc) is 2.30. The highest BCUT2D eigenvalue weighted by atomic mass is 16.1. The summed E-state index contributed by atoms with van der Waals surface area (Å²) in [5.74, 6) is 0.368. The molecular weight excluding hydrogens is 198 g/mol. The number of nitrogens with one attached hydrogen (secondary N) is 1. The Labute approximate surface area is 101 Å². The van der Waals surface area contributed by atoms with E-state index < -0.39 is 0 Å². The van der Waals surface area contributed by atoms with E-state index >= 15 is 0 Å². The van der Waals surface area contributed by atoms with Crippen molar-refractivity contribution in [2.24, 2.45) is 0 Å². The first kappa shape index (κ1) is 15.6. The number of rotatable bonds is 12. The van der Waals surface area contributed by atoms with Crippen molar-refractivity contribution < 1.29 is 4.79 Å². The van der Waals surface area contributed by atoms with Gasteiger partial charge in [-0.1, -0.05) is 58.8 Å². The Hall–Kier alpha value is -0.370. The molecule has 0 amide bonds. The van der Waals surface area contributed by atoms with Crippen molar-refractivity contribution in [2.45, 2.75) is 71.6 Å². The number of ketones is 1. The van der Waals surface area contributed by atoms with Gasteiger partial charge in [0.05, 0.1) is 6.54 Å². The number of hydrogen-bond donors (Lipinski definition) is 1. The van der Waals surface area contributed by atoms with Gasteiger partial charge < -0.3 is 5.32 Å². The molecule has 1 N–H and O–H groups in total. The Kier molecular flexibility index (Phi) is 12.4. The van der Waals surface area contributed by atoms with Gasteiger partial charge in [0.1, 0.15) is 5.78 Å². The van der Waals surface area contributed by atoms with Crippen LogP contribution in [0.4, 0.5) is 0 Å². The molecular formula is C14H29NO. The summed E-state index contributed by atoms with van der Waals surface area (Å²) in [5, 5.41) is 3.07. The molecule has 0 heterocycles. The van der Waals surface area contributed by atoms with E-state index in [1.165, 1.54) is 44.9 Å². The summed E-state index contributed by atoms with van der Waals surface area (Å²) in [5.41, 5.74) is 0. The van der Waals surface area contributed by atoms with Gasteiger partial charge >= 0.3 is 0 Å². The SMILES string of the molecule is CCCCCCCCCCC(=O)CNCC. The van der Waals surface area contributed by atoms with Gasteiger partial charge in [0.25, 0.3) is 0 Å². The smallest absolute Gasteiger partial charge is 0.146 e. The maximum absolute atomic E-state index is 11.3. The van der Waals surface area contributed by atoms with Crippen LogP contribution in [0, 0.1) is 0 Å². The van der Waals surface area contributed by atoms with Crippen molar-refractivity contribution in [1.82, 2.24) is 5.32 Å². The zero-order valence-corrected chi connectivity index (χ0v) is 11.2. The first-order valence-electron chi connectivity index (χ1n) is 7.03. The maximum Gasteiger partial charge on any atom is 0.146 e. The van der Waals surface area contributed by atoms with Crippen LogP contribution < -0.4 is 5.32 Å². The quantitative estimate of drug-likeness (QED) is 0.515. The second-order valence-corrected chi connectivity index (χ2v) is 4.54. The molecule has 96 valence electrons. The maximum atomic E-state index is 11.3. The minimum Gasteiger partial charge on any atom is -0.310 e. The largest absolute Gasteiger partial charge is 0.310 e. The standard InChI is InChI=1S/C14H29NO/c1-3-5-6-7-8-9-10-11-12-14(16)13-15-4-2/h15H,3-13H2,1-2H3. The molecule has 0 fully saturated rings. The Balaban J connectivity index is 3.05. The van der Waals surface area contributed by atoms with E-state index in [0.717, 1.165) is 19.4 Å². The van der Waals surface area contributed by atoms with E-state index in [-0.39, 0.29) is 0 Å². The Morgan fingerprint density at radius 2 is 1.44 bits per heavy atom. The molecule has 0 aliphatic carbocycles. The summed E-state index contributed by atoms with van der Waals surface area (Å²) in [6, 6.07) is 0. The molecule has 0 aliphatic rings. The highest BCUT2D eigenvalue weighted by Crippen LogP contribution is 2.09. The lowest BCUT2D eigenvalue weighted by molar-refractivity contribution is -0.118. The Bertz CT molecular complexity index is 157. The third-order valence-corrected chi connectivity index (χ3v) is 2.88. The van der Waals surface area contributed by atoms with Crippen LogP contribution >= 0.6 is 0 Å². The molecule has 0 saturated carbocycles. The van der Waals surface area contributed by atoms with Gasteiger partial charge in [-0.3, -0.25) is 4.79 Å². The van der Waals surface area contributed by atoms with Crippen LogP contribution in [0.5, 0.6) is 0 Å².